The van der Waals surface area contributed by atoms with Crippen LogP contribution in [-0.4, -0.2) is 23.2 Å². The molecule has 3 nitrogen and oxygen atoms in total. The van der Waals surface area contributed by atoms with Crippen molar-refractivity contribution < 1.29 is 14.3 Å². The van der Waals surface area contributed by atoms with E-state index in [1.807, 2.05) is 13.8 Å². The van der Waals surface area contributed by atoms with E-state index in [1.165, 1.54) is 24.3 Å². The van der Waals surface area contributed by atoms with Crippen molar-refractivity contribution in [3.63, 3.8) is 0 Å². The van der Waals surface area contributed by atoms with Crippen molar-refractivity contribution in [2.75, 3.05) is 6.61 Å². The van der Waals surface area contributed by atoms with Gasteiger partial charge in [0.25, 0.3) is 0 Å². The Balaban J connectivity index is 2.69. The van der Waals surface area contributed by atoms with Gasteiger partial charge in [-0.15, -0.1) is 0 Å². The molecule has 1 unspecified atom stereocenters. The van der Waals surface area contributed by atoms with Gasteiger partial charge >= 0.3 is 0 Å². The number of aliphatic hydroxyl groups is 1. The molecule has 0 saturated heterocycles. The summed E-state index contributed by atoms with van der Waals surface area (Å²) in [7, 11) is 0. The maximum Gasteiger partial charge on any atom is 0.244 e. The lowest BCUT2D eigenvalue weighted by atomic mass is 9.95. The van der Waals surface area contributed by atoms with Crippen LogP contribution >= 0.6 is 11.6 Å². The van der Waals surface area contributed by atoms with Gasteiger partial charge in [0.05, 0.1) is 5.02 Å². The fourth-order valence-electron chi connectivity index (χ4n) is 1.70. The molecule has 0 spiro atoms. The van der Waals surface area contributed by atoms with Crippen LogP contribution in [0.5, 0.6) is 0 Å². The highest BCUT2D eigenvalue weighted by Gasteiger charge is 2.22. The molecule has 0 radical (unpaired) electrons. The molecule has 1 aromatic carbocycles. The summed E-state index contributed by atoms with van der Waals surface area (Å²) >= 11 is 5.66. The number of amides is 1. The Labute approximate surface area is 123 Å². The van der Waals surface area contributed by atoms with Crippen LogP contribution in [0.3, 0.4) is 0 Å². The fraction of sp³-hybridized carbons (Fsp3) is 0.400. The van der Waals surface area contributed by atoms with Crippen molar-refractivity contribution in [2.45, 2.75) is 32.2 Å². The second-order valence-corrected chi connectivity index (χ2v) is 5.29. The van der Waals surface area contributed by atoms with Crippen molar-refractivity contribution in [3.8, 4) is 0 Å². The Kier molecular flexibility index (Phi) is 6.17. The highest BCUT2D eigenvalue weighted by molar-refractivity contribution is 6.30. The lowest BCUT2D eigenvalue weighted by molar-refractivity contribution is -0.118. The van der Waals surface area contributed by atoms with Gasteiger partial charge < -0.3 is 10.4 Å². The quantitative estimate of drug-likeness (QED) is 0.793. The molecule has 1 amide bonds. The van der Waals surface area contributed by atoms with Crippen LogP contribution in [0.4, 0.5) is 4.39 Å². The molecular weight excluding hydrogens is 281 g/mol. The van der Waals surface area contributed by atoms with E-state index in [4.69, 9.17) is 16.7 Å². The Hall–Kier alpha value is -1.39. The molecule has 2 N–H and O–H groups in total. The van der Waals surface area contributed by atoms with E-state index < -0.39 is 11.4 Å². The lowest BCUT2D eigenvalue weighted by Gasteiger charge is -2.28. The first-order valence-electron chi connectivity index (χ1n) is 6.46. The molecule has 1 aromatic rings. The standard InChI is InChI=1S/C15H19ClFNO2/c1-3-15(2,8-9-19)18-14(20)7-5-11-4-6-13(17)12(16)10-11/h4-7,10,19H,3,8-9H2,1-2H3,(H,18,20)/b7-5+. The van der Waals surface area contributed by atoms with Gasteiger partial charge in [0.2, 0.25) is 5.91 Å². The van der Waals surface area contributed by atoms with E-state index in [0.717, 1.165) is 6.42 Å². The largest absolute Gasteiger partial charge is 0.396 e. The topological polar surface area (TPSA) is 49.3 Å². The number of hydrogen-bond acceptors (Lipinski definition) is 2. The highest BCUT2D eigenvalue weighted by Crippen LogP contribution is 2.17. The number of nitrogens with one attached hydrogen (secondary N) is 1. The summed E-state index contributed by atoms with van der Waals surface area (Å²) in [6.07, 6.45) is 4.14. The summed E-state index contributed by atoms with van der Waals surface area (Å²) in [6.45, 7) is 3.84. The Morgan fingerprint density at radius 2 is 2.25 bits per heavy atom. The van der Waals surface area contributed by atoms with Crippen molar-refractivity contribution in [2.24, 2.45) is 0 Å². The zero-order valence-corrected chi connectivity index (χ0v) is 12.4. The van der Waals surface area contributed by atoms with Crippen LogP contribution in [0.25, 0.3) is 6.08 Å². The Morgan fingerprint density at radius 3 is 2.80 bits per heavy atom. The first-order valence-corrected chi connectivity index (χ1v) is 6.84. The van der Waals surface area contributed by atoms with Crippen molar-refractivity contribution in [1.29, 1.82) is 0 Å². The molecule has 0 heterocycles. The van der Waals surface area contributed by atoms with Gasteiger partial charge in [-0.25, -0.2) is 4.39 Å². The summed E-state index contributed by atoms with van der Waals surface area (Å²) < 4.78 is 13.0. The molecule has 5 heteroatoms. The third-order valence-electron chi connectivity index (χ3n) is 3.24. The third kappa shape index (κ3) is 4.94. The molecule has 20 heavy (non-hydrogen) atoms. The summed E-state index contributed by atoms with van der Waals surface area (Å²) in [4.78, 5) is 11.8. The van der Waals surface area contributed by atoms with Gasteiger partial charge in [-0.1, -0.05) is 24.6 Å². The molecule has 0 aliphatic heterocycles. The second kappa shape index (κ2) is 7.41. The third-order valence-corrected chi connectivity index (χ3v) is 3.53. The number of rotatable bonds is 6. The van der Waals surface area contributed by atoms with E-state index in [0.29, 0.717) is 12.0 Å². The molecule has 0 aromatic heterocycles. The van der Waals surface area contributed by atoms with Crippen molar-refractivity contribution in [3.05, 3.63) is 40.7 Å². The molecule has 1 atom stereocenters. The van der Waals surface area contributed by atoms with Gasteiger partial charge in [-0.2, -0.15) is 0 Å². The van der Waals surface area contributed by atoms with Crippen LogP contribution in [-0.2, 0) is 4.79 Å². The normalized spacial score (nSPS) is 14.2. The zero-order chi connectivity index (χ0) is 15.2. The average molecular weight is 300 g/mol. The number of aliphatic hydroxyl groups excluding tert-OH is 1. The average Bonchev–Trinajstić information content (AvgIpc) is 2.40. The molecule has 0 aliphatic carbocycles. The molecule has 0 aliphatic rings. The summed E-state index contributed by atoms with van der Waals surface area (Å²) in [5, 5.41) is 11.9. The van der Waals surface area contributed by atoms with Crippen LogP contribution in [0.2, 0.25) is 5.02 Å². The minimum absolute atomic E-state index is 0.0158. The monoisotopic (exact) mass is 299 g/mol. The molecule has 0 fully saturated rings. The van der Waals surface area contributed by atoms with Gasteiger partial charge in [-0.05, 0) is 43.5 Å². The zero-order valence-electron chi connectivity index (χ0n) is 11.6. The maximum atomic E-state index is 13.0. The molecule has 110 valence electrons. The lowest BCUT2D eigenvalue weighted by Crippen LogP contribution is -2.45. The summed E-state index contributed by atoms with van der Waals surface area (Å²) in [5.41, 5.74) is 0.211. The van der Waals surface area contributed by atoms with Crippen LogP contribution in [0.15, 0.2) is 24.3 Å². The van der Waals surface area contributed by atoms with Crippen LogP contribution < -0.4 is 5.32 Å². The van der Waals surface area contributed by atoms with Gasteiger partial charge in [0.15, 0.2) is 0 Å². The molecule has 0 saturated carbocycles. The van der Waals surface area contributed by atoms with Gasteiger partial charge in [-0.3, -0.25) is 4.79 Å². The fourth-order valence-corrected chi connectivity index (χ4v) is 1.89. The van der Waals surface area contributed by atoms with Gasteiger partial charge in [0, 0.05) is 18.2 Å². The number of benzene rings is 1. The molecule has 0 bridgehead atoms. The summed E-state index contributed by atoms with van der Waals surface area (Å²) in [5.74, 6) is -0.752. The van der Waals surface area contributed by atoms with E-state index >= 15 is 0 Å². The maximum absolute atomic E-state index is 13.0. The number of carbonyl (C=O) groups excluding carboxylic acids is 1. The highest BCUT2D eigenvalue weighted by atomic mass is 35.5. The predicted octanol–water partition coefficient (Wildman–Crippen LogP) is 3.16. The number of halogens is 2. The molecule has 1 rings (SSSR count). The van der Waals surface area contributed by atoms with Gasteiger partial charge in [0.1, 0.15) is 5.82 Å². The SMILES string of the molecule is CCC(C)(CCO)NC(=O)/C=C/c1ccc(F)c(Cl)c1. The van der Waals surface area contributed by atoms with E-state index in [9.17, 15) is 9.18 Å². The Morgan fingerprint density at radius 1 is 1.55 bits per heavy atom. The first-order chi connectivity index (χ1) is 9.40. The van der Waals surface area contributed by atoms with Crippen LogP contribution in [0.1, 0.15) is 32.3 Å². The van der Waals surface area contributed by atoms with E-state index in [2.05, 4.69) is 5.32 Å². The smallest absolute Gasteiger partial charge is 0.244 e. The Bertz CT molecular complexity index is 505. The second-order valence-electron chi connectivity index (χ2n) is 4.88. The number of carbonyl (C=O) groups is 1. The van der Waals surface area contributed by atoms with Crippen LogP contribution in [0, 0.1) is 5.82 Å². The van der Waals surface area contributed by atoms with E-state index in [1.54, 1.807) is 6.08 Å². The van der Waals surface area contributed by atoms with E-state index in [-0.39, 0.29) is 17.5 Å². The first kappa shape index (κ1) is 16.7. The minimum Gasteiger partial charge on any atom is -0.396 e. The minimum atomic E-state index is -0.491. The predicted molar refractivity (Wildman–Crippen MR) is 79.0 cm³/mol. The van der Waals surface area contributed by atoms with Crippen molar-refractivity contribution in [1.82, 2.24) is 5.32 Å². The number of hydrogen-bond donors (Lipinski definition) is 2. The molecular formula is C15H19ClFNO2. The summed E-state index contributed by atoms with van der Waals surface area (Å²) in [6, 6.07) is 4.24. The van der Waals surface area contributed by atoms with Crippen molar-refractivity contribution >= 4 is 23.6 Å².